The first-order valence-electron chi connectivity index (χ1n) is 12.8. The van der Waals surface area contributed by atoms with Gasteiger partial charge in [0.1, 0.15) is 11.6 Å². The minimum absolute atomic E-state index is 0.117. The van der Waals surface area contributed by atoms with Gasteiger partial charge in [0.05, 0.1) is 46.3 Å². The van der Waals surface area contributed by atoms with E-state index in [0.717, 1.165) is 29.8 Å². The molecular weight excluding hydrogens is 504 g/mol. The first kappa shape index (κ1) is 25.3. The molecule has 4 aromatic rings. The Balaban J connectivity index is 1.38. The van der Waals surface area contributed by atoms with E-state index in [2.05, 4.69) is 44.3 Å². The Labute approximate surface area is 223 Å². The first-order valence-corrected chi connectivity index (χ1v) is 12.8. The van der Waals surface area contributed by atoms with Crippen LogP contribution in [0.5, 0.6) is 0 Å². The second-order valence-corrected chi connectivity index (χ2v) is 10.6. The standard InChI is InChI=1S/C28H27F2N7O2/c1-27(2)18-6-8-28(27,24-17(18)10-21(36-37-24)23-19(29)4-3-5-20(23)30)22-7-9-31-25(35-22)15-11-32-26(33-12-15)34-13-16(39)14-38/h3-5,7,9-12,16,18,38-39H,6,8,13-14H2,1-2H3,(H,32,33,34)/t16-,18+,28+/m1/s1. The predicted molar refractivity (Wildman–Crippen MR) is 139 cm³/mol. The number of anilines is 1. The van der Waals surface area contributed by atoms with Gasteiger partial charge in [-0.1, -0.05) is 19.9 Å². The molecule has 39 heavy (non-hydrogen) atoms. The number of hydrogen-bond donors (Lipinski definition) is 3. The van der Waals surface area contributed by atoms with Crippen molar-refractivity contribution in [2.45, 2.75) is 44.1 Å². The zero-order valence-electron chi connectivity index (χ0n) is 21.4. The number of fused-ring (bicyclic) bond motifs is 5. The summed E-state index contributed by atoms with van der Waals surface area (Å²) in [5.41, 5.74) is 2.33. The van der Waals surface area contributed by atoms with Crippen molar-refractivity contribution >= 4 is 5.95 Å². The molecule has 0 unspecified atom stereocenters. The van der Waals surface area contributed by atoms with Gasteiger partial charge in [0.25, 0.3) is 0 Å². The van der Waals surface area contributed by atoms with Gasteiger partial charge in [-0.25, -0.2) is 28.7 Å². The van der Waals surface area contributed by atoms with E-state index in [1.165, 1.54) is 18.2 Å². The fourth-order valence-corrected chi connectivity index (χ4v) is 6.30. The van der Waals surface area contributed by atoms with Gasteiger partial charge < -0.3 is 15.5 Å². The molecule has 1 fully saturated rings. The van der Waals surface area contributed by atoms with Crippen LogP contribution in [-0.2, 0) is 5.41 Å². The molecule has 2 aliphatic carbocycles. The highest BCUT2D eigenvalue weighted by Crippen LogP contribution is 2.69. The molecule has 6 rings (SSSR count). The number of hydrogen-bond acceptors (Lipinski definition) is 9. The normalized spacial score (nSPS) is 21.5. The summed E-state index contributed by atoms with van der Waals surface area (Å²) in [4.78, 5) is 17.9. The number of aliphatic hydroxyl groups is 2. The highest BCUT2D eigenvalue weighted by atomic mass is 19.1. The number of rotatable bonds is 7. The van der Waals surface area contributed by atoms with E-state index in [4.69, 9.17) is 10.1 Å². The largest absolute Gasteiger partial charge is 0.394 e. The van der Waals surface area contributed by atoms with Crippen LogP contribution in [0.3, 0.4) is 0 Å². The molecule has 3 N–H and O–H groups in total. The van der Waals surface area contributed by atoms with Gasteiger partial charge in [0.15, 0.2) is 5.82 Å². The molecular formula is C28H27F2N7O2. The van der Waals surface area contributed by atoms with Gasteiger partial charge >= 0.3 is 0 Å². The van der Waals surface area contributed by atoms with Crippen molar-refractivity contribution < 1.29 is 19.0 Å². The molecule has 0 spiro atoms. The van der Waals surface area contributed by atoms with E-state index >= 15 is 0 Å². The fourth-order valence-electron chi connectivity index (χ4n) is 6.30. The van der Waals surface area contributed by atoms with Crippen LogP contribution in [0.15, 0.2) is 48.9 Å². The summed E-state index contributed by atoms with van der Waals surface area (Å²) in [5, 5.41) is 30.2. The molecule has 9 nitrogen and oxygen atoms in total. The second kappa shape index (κ2) is 9.35. The molecule has 1 saturated carbocycles. The average molecular weight is 532 g/mol. The molecule has 2 bridgehead atoms. The SMILES string of the molecule is CC1(C)[C@H]2CC[C@]1(c1ccnc(-c3cnc(NC[C@@H](O)CO)nc3)n1)c1nnc(-c3c(F)cccc3F)cc12. The zero-order chi connectivity index (χ0) is 27.4. The Morgan fingerprint density at radius 3 is 2.54 bits per heavy atom. The molecule has 2 aliphatic rings. The topological polar surface area (TPSA) is 130 Å². The smallest absolute Gasteiger partial charge is 0.222 e. The van der Waals surface area contributed by atoms with Crippen molar-refractivity contribution in [2.75, 3.05) is 18.5 Å². The number of halogens is 2. The van der Waals surface area contributed by atoms with Crippen LogP contribution in [0.1, 0.15) is 49.6 Å². The third kappa shape index (κ3) is 3.87. The second-order valence-electron chi connectivity index (χ2n) is 10.6. The summed E-state index contributed by atoms with van der Waals surface area (Å²) < 4.78 is 29.1. The molecule has 3 heterocycles. The number of aromatic nitrogens is 6. The molecule has 0 saturated heterocycles. The number of benzene rings is 1. The number of nitrogens with one attached hydrogen (secondary N) is 1. The maximum Gasteiger partial charge on any atom is 0.222 e. The van der Waals surface area contributed by atoms with Crippen molar-refractivity contribution in [3.63, 3.8) is 0 Å². The van der Waals surface area contributed by atoms with E-state index < -0.39 is 23.2 Å². The monoisotopic (exact) mass is 531 g/mol. The van der Waals surface area contributed by atoms with Crippen LogP contribution in [0.2, 0.25) is 0 Å². The minimum atomic E-state index is -0.912. The maximum atomic E-state index is 14.5. The van der Waals surface area contributed by atoms with E-state index in [1.807, 2.05) is 6.07 Å². The van der Waals surface area contributed by atoms with Crippen LogP contribution >= 0.6 is 0 Å². The van der Waals surface area contributed by atoms with Crippen molar-refractivity contribution in [1.82, 2.24) is 30.1 Å². The van der Waals surface area contributed by atoms with Gasteiger partial charge in [-0.2, -0.15) is 5.10 Å². The lowest BCUT2D eigenvalue weighted by atomic mass is 9.66. The summed E-state index contributed by atoms with van der Waals surface area (Å²) >= 11 is 0. The van der Waals surface area contributed by atoms with Gasteiger partial charge in [0, 0.05) is 25.1 Å². The van der Waals surface area contributed by atoms with Crippen molar-refractivity contribution in [1.29, 1.82) is 0 Å². The molecule has 0 aliphatic heterocycles. The molecule has 0 amide bonds. The lowest BCUT2D eigenvalue weighted by molar-refractivity contribution is 0.105. The molecule has 11 heteroatoms. The Morgan fingerprint density at radius 2 is 1.82 bits per heavy atom. The van der Waals surface area contributed by atoms with Crippen LogP contribution < -0.4 is 5.32 Å². The van der Waals surface area contributed by atoms with E-state index in [9.17, 15) is 13.9 Å². The summed E-state index contributed by atoms with van der Waals surface area (Å²) in [5.74, 6) is -0.458. The summed E-state index contributed by atoms with van der Waals surface area (Å²) in [6, 6.07) is 7.45. The Morgan fingerprint density at radius 1 is 1.08 bits per heavy atom. The lowest BCUT2D eigenvalue weighted by Crippen LogP contribution is -2.38. The highest BCUT2D eigenvalue weighted by Gasteiger charge is 2.65. The van der Waals surface area contributed by atoms with Gasteiger partial charge in [-0.05, 0) is 54.0 Å². The molecule has 200 valence electrons. The summed E-state index contributed by atoms with van der Waals surface area (Å²) in [6.07, 6.45) is 5.67. The van der Waals surface area contributed by atoms with Gasteiger partial charge in [-0.3, -0.25) is 0 Å². The van der Waals surface area contributed by atoms with Crippen LogP contribution in [0, 0.1) is 17.0 Å². The minimum Gasteiger partial charge on any atom is -0.394 e. The quantitative estimate of drug-likeness (QED) is 0.327. The molecule has 3 atom stereocenters. The van der Waals surface area contributed by atoms with Crippen LogP contribution in [-0.4, -0.2) is 59.6 Å². The van der Waals surface area contributed by atoms with Gasteiger partial charge in [-0.15, -0.1) is 5.10 Å². The van der Waals surface area contributed by atoms with E-state index in [1.54, 1.807) is 24.7 Å². The Kier molecular flexibility index (Phi) is 6.07. The van der Waals surface area contributed by atoms with Crippen LogP contribution in [0.4, 0.5) is 14.7 Å². The van der Waals surface area contributed by atoms with Crippen LogP contribution in [0.25, 0.3) is 22.6 Å². The predicted octanol–water partition coefficient (Wildman–Crippen LogP) is 3.64. The average Bonchev–Trinajstić information content (AvgIpc) is 3.33. The Bertz CT molecular complexity index is 1530. The molecule has 3 aromatic heterocycles. The number of nitrogens with zero attached hydrogens (tertiary/aromatic N) is 6. The third-order valence-electron chi connectivity index (χ3n) is 8.31. The van der Waals surface area contributed by atoms with Crippen molar-refractivity contribution in [3.8, 4) is 22.6 Å². The maximum absolute atomic E-state index is 14.5. The zero-order valence-corrected chi connectivity index (χ0v) is 21.4. The summed E-state index contributed by atoms with van der Waals surface area (Å²) in [7, 11) is 0. The van der Waals surface area contributed by atoms with Crippen molar-refractivity contribution in [3.05, 3.63) is 77.5 Å². The number of aliphatic hydroxyl groups excluding tert-OH is 2. The molecule has 0 radical (unpaired) electrons. The fraction of sp³-hybridized carbons (Fsp3) is 0.357. The third-order valence-corrected chi connectivity index (χ3v) is 8.31. The first-order chi connectivity index (χ1) is 18.8. The molecule has 1 aromatic carbocycles. The lowest BCUT2D eigenvalue weighted by Gasteiger charge is -2.37. The van der Waals surface area contributed by atoms with E-state index in [-0.39, 0.29) is 35.7 Å². The van der Waals surface area contributed by atoms with E-state index in [0.29, 0.717) is 17.3 Å². The Hall–Kier alpha value is -3.96. The van der Waals surface area contributed by atoms with Crippen molar-refractivity contribution in [2.24, 2.45) is 5.41 Å². The highest BCUT2D eigenvalue weighted by molar-refractivity contribution is 5.64. The summed E-state index contributed by atoms with van der Waals surface area (Å²) in [6.45, 7) is 4.12. The van der Waals surface area contributed by atoms with Gasteiger partial charge in [0.2, 0.25) is 5.95 Å².